The second-order valence-electron chi connectivity index (χ2n) is 4.70. The molecule has 1 rings (SSSR count). The number of rotatable bonds is 3. The maximum absolute atomic E-state index is 10.4. The van der Waals surface area contributed by atoms with Crippen LogP contribution in [0.15, 0.2) is 12.1 Å². The normalized spacial score (nSPS) is 11.4. The average molecular weight is 277 g/mol. The van der Waals surface area contributed by atoms with E-state index in [9.17, 15) is 4.79 Å². The molecule has 0 atom stereocenters. The van der Waals surface area contributed by atoms with Gasteiger partial charge in [-0.2, -0.15) is 0 Å². The van der Waals surface area contributed by atoms with Gasteiger partial charge in [-0.1, -0.05) is 44.0 Å². The van der Waals surface area contributed by atoms with Crippen molar-refractivity contribution in [2.75, 3.05) is 6.61 Å². The number of carbonyl (C=O) groups is 1. The summed E-state index contributed by atoms with van der Waals surface area (Å²) < 4.78 is 5.03. The molecule has 0 spiro atoms. The number of carboxylic acid groups (broad SMARTS) is 1. The van der Waals surface area contributed by atoms with Crippen molar-refractivity contribution in [2.45, 2.75) is 26.2 Å². The molecule has 3 nitrogen and oxygen atoms in total. The van der Waals surface area contributed by atoms with Gasteiger partial charge in [-0.05, 0) is 23.1 Å². The summed E-state index contributed by atoms with van der Waals surface area (Å²) in [6, 6.07) is 3.48. The van der Waals surface area contributed by atoms with Crippen LogP contribution in [0.3, 0.4) is 0 Å². The number of benzene rings is 1. The van der Waals surface area contributed by atoms with Crippen LogP contribution in [0.1, 0.15) is 26.3 Å². The molecule has 0 saturated heterocycles. The maximum atomic E-state index is 10.4. The van der Waals surface area contributed by atoms with E-state index >= 15 is 0 Å². The number of ether oxygens (including phenoxy) is 1. The van der Waals surface area contributed by atoms with E-state index < -0.39 is 12.6 Å². The highest BCUT2D eigenvalue weighted by atomic mass is 35.5. The summed E-state index contributed by atoms with van der Waals surface area (Å²) in [5, 5.41) is 9.17. The zero-order valence-electron chi connectivity index (χ0n) is 9.88. The Morgan fingerprint density at radius 2 is 1.76 bits per heavy atom. The van der Waals surface area contributed by atoms with E-state index in [1.54, 1.807) is 12.1 Å². The third kappa shape index (κ3) is 3.79. The number of hydrogen-bond donors (Lipinski definition) is 1. The lowest BCUT2D eigenvalue weighted by molar-refractivity contribution is -0.139. The molecule has 0 saturated carbocycles. The van der Waals surface area contributed by atoms with Gasteiger partial charge in [0.1, 0.15) is 0 Å². The first-order chi connectivity index (χ1) is 7.71. The van der Waals surface area contributed by atoms with Gasteiger partial charge in [-0.3, -0.25) is 0 Å². The molecule has 17 heavy (non-hydrogen) atoms. The van der Waals surface area contributed by atoms with Crippen LogP contribution in [0.25, 0.3) is 0 Å². The van der Waals surface area contributed by atoms with Gasteiger partial charge < -0.3 is 9.84 Å². The van der Waals surface area contributed by atoms with Gasteiger partial charge in [-0.25, -0.2) is 4.79 Å². The lowest BCUT2D eigenvalue weighted by Gasteiger charge is -2.20. The first-order valence-corrected chi connectivity index (χ1v) is 5.81. The standard InChI is InChI=1S/C12H14Cl2O3/c1-12(2,3)7-4-8(13)11(9(14)5-7)17-6-10(15)16/h4-5H,6H2,1-3H3,(H,15,16). The van der Waals surface area contributed by atoms with Gasteiger partial charge in [0.05, 0.1) is 10.0 Å². The van der Waals surface area contributed by atoms with Crippen LogP contribution in [0.5, 0.6) is 5.75 Å². The Labute approximate surface area is 110 Å². The van der Waals surface area contributed by atoms with Crippen molar-refractivity contribution in [1.29, 1.82) is 0 Å². The van der Waals surface area contributed by atoms with Crippen molar-refractivity contribution >= 4 is 29.2 Å². The minimum absolute atomic E-state index is 0.0847. The fourth-order valence-corrected chi connectivity index (χ4v) is 1.86. The Balaban J connectivity index is 3.07. The van der Waals surface area contributed by atoms with Gasteiger partial charge >= 0.3 is 5.97 Å². The van der Waals surface area contributed by atoms with E-state index in [4.69, 9.17) is 33.0 Å². The van der Waals surface area contributed by atoms with Gasteiger partial charge in [0.2, 0.25) is 0 Å². The number of aliphatic carboxylic acids is 1. The van der Waals surface area contributed by atoms with Crippen LogP contribution in [0.4, 0.5) is 0 Å². The molecule has 0 amide bonds. The molecule has 0 fully saturated rings. The van der Waals surface area contributed by atoms with Crippen molar-refractivity contribution < 1.29 is 14.6 Å². The molecule has 0 aromatic heterocycles. The largest absolute Gasteiger partial charge is 0.479 e. The van der Waals surface area contributed by atoms with E-state index in [1.165, 1.54) is 0 Å². The van der Waals surface area contributed by atoms with Crippen LogP contribution in [0, 0.1) is 0 Å². The van der Waals surface area contributed by atoms with Crippen molar-refractivity contribution in [2.24, 2.45) is 0 Å². The highest BCUT2D eigenvalue weighted by Crippen LogP contribution is 2.37. The fraction of sp³-hybridized carbons (Fsp3) is 0.417. The Morgan fingerprint density at radius 3 is 2.12 bits per heavy atom. The highest BCUT2D eigenvalue weighted by molar-refractivity contribution is 6.37. The SMILES string of the molecule is CC(C)(C)c1cc(Cl)c(OCC(=O)O)c(Cl)c1. The van der Waals surface area contributed by atoms with Crippen LogP contribution >= 0.6 is 23.2 Å². The molecule has 1 aromatic rings. The summed E-state index contributed by atoms with van der Waals surface area (Å²) in [5.74, 6) is -0.860. The third-order valence-corrected chi connectivity index (χ3v) is 2.77. The van der Waals surface area contributed by atoms with Gasteiger partial charge in [0, 0.05) is 0 Å². The zero-order chi connectivity index (χ0) is 13.2. The Bertz CT molecular complexity index is 413. The van der Waals surface area contributed by atoms with Crippen molar-refractivity contribution in [1.82, 2.24) is 0 Å². The van der Waals surface area contributed by atoms with Crippen molar-refractivity contribution in [3.05, 3.63) is 27.7 Å². The molecular formula is C12H14Cl2O3. The number of halogens is 2. The predicted octanol–water partition coefficient (Wildman–Crippen LogP) is 3.75. The molecule has 0 aliphatic heterocycles. The Hall–Kier alpha value is -0.930. The quantitative estimate of drug-likeness (QED) is 0.915. The monoisotopic (exact) mass is 276 g/mol. The number of hydrogen-bond acceptors (Lipinski definition) is 2. The minimum atomic E-state index is -1.07. The van der Waals surface area contributed by atoms with Crippen molar-refractivity contribution in [3.8, 4) is 5.75 Å². The average Bonchev–Trinajstić information content (AvgIpc) is 2.14. The second kappa shape index (κ2) is 5.15. The first kappa shape index (κ1) is 14.1. The molecule has 0 aliphatic carbocycles. The summed E-state index contributed by atoms with van der Waals surface area (Å²) >= 11 is 12.0. The molecule has 94 valence electrons. The molecule has 0 aliphatic rings. The molecule has 0 heterocycles. The van der Waals surface area contributed by atoms with Crippen LogP contribution in [-0.4, -0.2) is 17.7 Å². The van der Waals surface area contributed by atoms with E-state index in [2.05, 4.69) is 0 Å². The molecule has 0 bridgehead atoms. The molecule has 0 unspecified atom stereocenters. The summed E-state index contributed by atoms with van der Waals surface area (Å²) in [7, 11) is 0. The predicted molar refractivity (Wildman–Crippen MR) is 68.3 cm³/mol. The Kier molecular flexibility index (Phi) is 4.28. The molecular weight excluding hydrogens is 263 g/mol. The van der Waals surface area contributed by atoms with E-state index in [0.29, 0.717) is 10.0 Å². The summed E-state index contributed by atoms with van der Waals surface area (Å²) in [6.45, 7) is 5.64. The fourth-order valence-electron chi connectivity index (χ4n) is 1.26. The van der Waals surface area contributed by atoms with Gasteiger partial charge in [-0.15, -0.1) is 0 Å². The lowest BCUT2D eigenvalue weighted by Crippen LogP contribution is -2.13. The molecule has 1 N–H and O–H groups in total. The molecule has 5 heteroatoms. The van der Waals surface area contributed by atoms with Crippen molar-refractivity contribution in [3.63, 3.8) is 0 Å². The summed E-state index contributed by atoms with van der Waals surface area (Å²) in [6.07, 6.45) is 0. The van der Waals surface area contributed by atoms with E-state index in [-0.39, 0.29) is 11.2 Å². The molecule has 1 aromatic carbocycles. The topological polar surface area (TPSA) is 46.5 Å². The first-order valence-electron chi connectivity index (χ1n) is 5.06. The van der Waals surface area contributed by atoms with E-state index in [1.807, 2.05) is 20.8 Å². The lowest BCUT2D eigenvalue weighted by atomic mass is 9.87. The van der Waals surface area contributed by atoms with Crippen LogP contribution < -0.4 is 4.74 Å². The second-order valence-corrected chi connectivity index (χ2v) is 5.52. The smallest absolute Gasteiger partial charge is 0.341 e. The highest BCUT2D eigenvalue weighted by Gasteiger charge is 2.18. The summed E-state index contributed by atoms with van der Waals surface area (Å²) in [5.41, 5.74) is 0.883. The van der Waals surface area contributed by atoms with E-state index in [0.717, 1.165) is 5.56 Å². The summed E-state index contributed by atoms with van der Waals surface area (Å²) in [4.78, 5) is 10.4. The zero-order valence-corrected chi connectivity index (χ0v) is 11.4. The number of carboxylic acids is 1. The molecule has 0 radical (unpaired) electrons. The third-order valence-electron chi connectivity index (χ3n) is 2.20. The van der Waals surface area contributed by atoms with Crippen LogP contribution in [0.2, 0.25) is 10.0 Å². The van der Waals surface area contributed by atoms with Gasteiger partial charge in [0.15, 0.2) is 12.4 Å². The Morgan fingerprint density at radius 1 is 1.29 bits per heavy atom. The minimum Gasteiger partial charge on any atom is -0.479 e. The van der Waals surface area contributed by atoms with Gasteiger partial charge in [0.25, 0.3) is 0 Å². The maximum Gasteiger partial charge on any atom is 0.341 e. The van der Waals surface area contributed by atoms with Crippen LogP contribution in [-0.2, 0) is 10.2 Å².